The van der Waals surface area contributed by atoms with E-state index in [2.05, 4.69) is 29.1 Å². The summed E-state index contributed by atoms with van der Waals surface area (Å²) in [7, 11) is 0. The standard InChI is InChI=1S/C12H21N3O/c1-4-10(13-5-2)7-11-8-12(16-6-3)15-9-14-11/h8-10,13H,4-7H2,1-3H3. The van der Waals surface area contributed by atoms with Gasteiger partial charge >= 0.3 is 0 Å². The smallest absolute Gasteiger partial charge is 0.216 e. The Bertz CT molecular complexity index is 304. The van der Waals surface area contributed by atoms with E-state index < -0.39 is 0 Å². The van der Waals surface area contributed by atoms with E-state index in [4.69, 9.17) is 4.74 Å². The van der Waals surface area contributed by atoms with Crippen molar-refractivity contribution in [2.24, 2.45) is 0 Å². The highest BCUT2D eigenvalue weighted by molar-refractivity contribution is 5.14. The molecule has 0 aliphatic heterocycles. The van der Waals surface area contributed by atoms with Gasteiger partial charge in [0.2, 0.25) is 5.88 Å². The summed E-state index contributed by atoms with van der Waals surface area (Å²) in [6, 6.07) is 2.40. The van der Waals surface area contributed by atoms with Crippen molar-refractivity contribution < 1.29 is 4.74 Å². The van der Waals surface area contributed by atoms with Crippen molar-refractivity contribution >= 4 is 0 Å². The average molecular weight is 223 g/mol. The van der Waals surface area contributed by atoms with E-state index in [1.54, 1.807) is 6.33 Å². The molecule has 0 saturated heterocycles. The first-order valence-corrected chi connectivity index (χ1v) is 5.97. The minimum absolute atomic E-state index is 0.481. The molecule has 4 heteroatoms. The van der Waals surface area contributed by atoms with Gasteiger partial charge in [-0.1, -0.05) is 13.8 Å². The summed E-state index contributed by atoms with van der Waals surface area (Å²) in [5.74, 6) is 0.666. The maximum Gasteiger partial charge on any atom is 0.216 e. The van der Waals surface area contributed by atoms with Gasteiger partial charge in [-0.05, 0) is 19.9 Å². The molecule has 90 valence electrons. The average Bonchev–Trinajstić information content (AvgIpc) is 2.29. The molecule has 1 heterocycles. The monoisotopic (exact) mass is 223 g/mol. The number of hydrogen-bond acceptors (Lipinski definition) is 4. The summed E-state index contributed by atoms with van der Waals surface area (Å²) in [6.07, 6.45) is 3.59. The summed E-state index contributed by atoms with van der Waals surface area (Å²) < 4.78 is 5.35. The van der Waals surface area contributed by atoms with E-state index in [9.17, 15) is 0 Å². The maximum atomic E-state index is 5.35. The summed E-state index contributed by atoms with van der Waals surface area (Å²) in [6.45, 7) is 7.88. The largest absolute Gasteiger partial charge is 0.478 e. The number of ether oxygens (including phenoxy) is 1. The fourth-order valence-electron chi connectivity index (χ4n) is 1.62. The van der Waals surface area contributed by atoms with E-state index in [0.29, 0.717) is 18.5 Å². The zero-order chi connectivity index (χ0) is 11.8. The Morgan fingerprint density at radius 2 is 2.12 bits per heavy atom. The third-order valence-corrected chi connectivity index (χ3v) is 2.43. The Balaban J connectivity index is 2.60. The highest BCUT2D eigenvalue weighted by Gasteiger charge is 2.07. The minimum atomic E-state index is 0.481. The van der Waals surface area contributed by atoms with Crippen molar-refractivity contribution in [2.75, 3.05) is 13.2 Å². The number of likely N-dealkylation sites (N-methyl/N-ethyl adjacent to an activating group) is 1. The van der Waals surface area contributed by atoms with Crippen molar-refractivity contribution in [3.63, 3.8) is 0 Å². The molecule has 0 bridgehead atoms. The predicted octanol–water partition coefficient (Wildman–Crippen LogP) is 1.81. The molecule has 1 atom stereocenters. The summed E-state index contributed by atoms with van der Waals surface area (Å²) in [5.41, 5.74) is 1.03. The SMILES string of the molecule is CCNC(CC)Cc1cc(OCC)ncn1. The molecular weight excluding hydrogens is 202 g/mol. The van der Waals surface area contributed by atoms with Crippen molar-refractivity contribution in [3.8, 4) is 5.88 Å². The highest BCUT2D eigenvalue weighted by atomic mass is 16.5. The number of nitrogens with one attached hydrogen (secondary N) is 1. The van der Waals surface area contributed by atoms with Crippen LogP contribution in [-0.2, 0) is 6.42 Å². The lowest BCUT2D eigenvalue weighted by Crippen LogP contribution is -2.30. The first-order chi connectivity index (χ1) is 7.80. The van der Waals surface area contributed by atoms with Crippen LogP contribution >= 0.6 is 0 Å². The number of rotatable bonds is 7. The van der Waals surface area contributed by atoms with Gasteiger partial charge in [0, 0.05) is 24.2 Å². The predicted molar refractivity (Wildman–Crippen MR) is 64.7 cm³/mol. The molecule has 0 radical (unpaired) electrons. The molecule has 1 unspecified atom stereocenters. The molecule has 0 fully saturated rings. The van der Waals surface area contributed by atoms with E-state index in [-0.39, 0.29) is 0 Å². The van der Waals surface area contributed by atoms with Crippen molar-refractivity contribution in [2.45, 2.75) is 39.7 Å². The van der Waals surface area contributed by atoms with Crippen LogP contribution in [0.15, 0.2) is 12.4 Å². The van der Waals surface area contributed by atoms with Gasteiger partial charge in [-0.3, -0.25) is 0 Å². The van der Waals surface area contributed by atoms with E-state index in [0.717, 1.165) is 25.1 Å². The molecule has 0 saturated carbocycles. The highest BCUT2D eigenvalue weighted by Crippen LogP contribution is 2.09. The normalized spacial score (nSPS) is 12.4. The molecule has 4 nitrogen and oxygen atoms in total. The topological polar surface area (TPSA) is 47.0 Å². The number of nitrogens with zero attached hydrogens (tertiary/aromatic N) is 2. The fraction of sp³-hybridized carbons (Fsp3) is 0.667. The van der Waals surface area contributed by atoms with Crippen LogP contribution in [0.4, 0.5) is 0 Å². The van der Waals surface area contributed by atoms with Gasteiger partial charge in [0.15, 0.2) is 0 Å². The Morgan fingerprint density at radius 1 is 1.31 bits per heavy atom. The molecule has 0 amide bonds. The quantitative estimate of drug-likeness (QED) is 0.765. The molecule has 0 spiro atoms. The second-order valence-electron chi connectivity index (χ2n) is 3.65. The minimum Gasteiger partial charge on any atom is -0.478 e. The van der Waals surface area contributed by atoms with Crippen LogP contribution in [0, 0.1) is 0 Å². The Morgan fingerprint density at radius 3 is 2.75 bits per heavy atom. The maximum absolute atomic E-state index is 5.35. The van der Waals surface area contributed by atoms with Crippen LogP contribution in [0.25, 0.3) is 0 Å². The van der Waals surface area contributed by atoms with Crippen LogP contribution in [0.5, 0.6) is 5.88 Å². The first-order valence-electron chi connectivity index (χ1n) is 5.97. The van der Waals surface area contributed by atoms with Crippen LogP contribution in [0.2, 0.25) is 0 Å². The van der Waals surface area contributed by atoms with Crippen LogP contribution < -0.4 is 10.1 Å². The lowest BCUT2D eigenvalue weighted by molar-refractivity contribution is 0.325. The first kappa shape index (κ1) is 12.9. The van der Waals surface area contributed by atoms with Gasteiger partial charge in [-0.15, -0.1) is 0 Å². The van der Waals surface area contributed by atoms with Crippen molar-refractivity contribution in [3.05, 3.63) is 18.1 Å². The van der Waals surface area contributed by atoms with Crippen LogP contribution in [-0.4, -0.2) is 29.2 Å². The van der Waals surface area contributed by atoms with Gasteiger partial charge in [-0.2, -0.15) is 0 Å². The third kappa shape index (κ3) is 4.14. The molecule has 1 aromatic rings. The summed E-state index contributed by atoms with van der Waals surface area (Å²) >= 11 is 0. The van der Waals surface area contributed by atoms with Crippen LogP contribution in [0.3, 0.4) is 0 Å². The van der Waals surface area contributed by atoms with Crippen molar-refractivity contribution in [1.29, 1.82) is 0 Å². The molecular formula is C12H21N3O. The van der Waals surface area contributed by atoms with Crippen LogP contribution in [0.1, 0.15) is 32.9 Å². The second-order valence-corrected chi connectivity index (χ2v) is 3.65. The molecule has 0 aromatic carbocycles. The Kier molecular flexibility index (Phi) is 5.78. The molecule has 1 N–H and O–H groups in total. The molecule has 0 aliphatic carbocycles. The fourth-order valence-corrected chi connectivity index (χ4v) is 1.62. The lowest BCUT2D eigenvalue weighted by atomic mass is 10.1. The Hall–Kier alpha value is -1.16. The summed E-state index contributed by atoms with van der Waals surface area (Å²) in [4.78, 5) is 8.32. The summed E-state index contributed by atoms with van der Waals surface area (Å²) in [5, 5.41) is 3.43. The Labute approximate surface area is 97.5 Å². The van der Waals surface area contributed by atoms with Gasteiger partial charge in [0.1, 0.15) is 6.33 Å². The number of hydrogen-bond donors (Lipinski definition) is 1. The van der Waals surface area contributed by atoms with Gasteiger partial charge in [0.05, 0.1) is 6.61 Å². The molecule has 0 aliphatic rings. The van der Waals surface area contributed by atoms with E-state index in [1.807, 2.05) is 13.0 Å². The van der Waals surface area contributed by atoms with E-state index in [1.165, 1.54) is 0 Å². The zero-order valence-corrected chi connectivity index (χ0v) is 10.4. The van der Waals surface area contributed by atoms with Gasteiger partial charge in [0.25, 0.3) is 0 Å². The van der Waals surface area contributed by atoms with E-state index >= 15 is 0 Å². The van der Waals surface area contributed by atoms with Gasteiger partial charge in [-0.25, -0.2) is 9.97 Å². The molecule has 16 heavy (non-hydrogen) atoms. The zero-order valence-electron chi connectivity index (χ0n) is 10.4. The third-order valence-electron chi connectivity index (χ3n) is 2.43. The van der Waals surface area contributed by atoms with Gasteiger partial charge < -0.3 is 10.1 Å². The number of aromatic nitrogens is 2. The lowest BCUT2D eigenvalue weighted by Gasteiger charge is -2.15. The second kappa shape index (κ2) is 7.17. The van der Waals surface area contributed by atoms with Crippen molar-refractivity contribution in [1.82, 2.24) is 15.3 Å². The molecule has 1 rings (SSSR count). The molecule has 1 aromatic heterocycles.